The number of aromatic nitrogens is 3. The molecule has 0 unspecified atom stereocenters. The maximum Gasteiger partial charge on any atom is 0.269 e. The molecule has 0 aliphatic carbocycles. The molecule has 37 heavy (non-hydrogen) atoms. The Hall–Kier alpha value is -3.51. The third-order valence-electron chi connectivity index (χ3n) is 5.56. The molecule has 0 amide bonds. The molecule has 0 saturated heterocycles. The molecule has 0 radical (unpaired) electrons. The van der Waals surface area contributed by atoms with E-state index in [4.69, 9.17) is 14.5 Å². The lowest BCUT2D eigenvalue weighted by atomic mass is 10.1. The van der Waals surface area contributed by atoms with Crippen LogP contribution < -0.4 is 4.74 Å². The van der Waals surface area contributed by atoms with Gasteiger partial charge in [-0.15, -0.1) is 15.8 Å². The number of aryl methyl sites for hydroxylation is 1. The number of benzene rings is 3. The number of hydrogen-bond donors (Lipinski definition) is 0. The van der Waals surface area contributed by atoms with Gasteiger partial charge in [-0.2, -0.15) is 0 Å². The minimum absolute atomic E-state index is 0.112. The number of sulfonamides is 1. The van der Waals surface area contributed by atoms with Crippen LogP contribution in [0.2, 0.25) is 0 Å². The van der Waals surface area contributed by atoms with Gasteiger partial charge in [0, 0.05) is 12.7 Å². The first-order chi connectivity index (χ1) is 17.8. The van der Waals surface area contributed by atoms with Crippen LogP contribution in [0.4, 0.5) is 4.48 Å². The van der Waals surface area contributed by atoms with E-state index >= 15 is 0 Å². The number of ether oxygens (including phenoxy) is 2. The molecule has 0 atom stereocenters. The first kappa shape index (κ1) is 25.2. The Kier molecular flexibility index (Phi) is 7.11. The minimum atomic E-state index is -4.22. The van der Waals surface area contributed by atoms with E-state index in [1.165, 1.54) is 23.5 Å². The summed E-state index contributed by atoms with van der Waals surface area (Å²) in [6.07, 6.45) is 1.70. The molecule has 8 nitrogen and oxygen atoms in total. The maximum absolute atomic E-state index is 14.4. The van der Waals surface area contributed by atoms with Crippen molar-refractivity contribution in [3.8, 4) is 16.3 Å². The van der Waals surface area contributed by atoms with Crippen LogP contribution in [0.1, 0.15) is 11.3 Å². The molecule has 2 heterocycles. The van der Waals surface area contributed by atoms with Gasteiger partial charge in [0.05, 0.1) is 51.2 Å². The van der Waals surface area contributed by atoms with Gasteiger partial charge in [-0.25, -0.2) is 18.4 Å². The first-order valence-corrected chi connectivity index (χ1v) is 13.6. The molecule has 0 aliphatic rings. The van der Waals surface area contributed by atoms with Crippen LogP contribution in [-0.4, -0.2) is 48.2 Å². The second kappa shape index (κ2) is 10.5. The zero-order valence-electron chi connectivity index (χ0n) is 20.1. The Morgan fingerprint density at radius 1 is 1.03 bits per heavy atom. The topological polar surface area (TPSA) is 94.5 Å². The van der Waals surface area contributed by atoms with Crippen molar-refractivity contribution in [2.45, 2.75) is 18.4 Å². The Balaban J connectivity index is 1.34. The van der Waals surface area contributed by atoms with Gasteiger partial charge in [-0.1, -0.05) is 18.2 Å². The van der Waals surface area contributed by atoms with Crippen molar-refractivity contribution in [2.75, 3.05) is 20.3 Å². The summed E-state index contributed by atoms with van der Waals surface area (Å²) >= 11 is 1.48. The molecule has 0 fully saturated rings. The summed E-state index contributed by atoms with van der Waals surface area (Å²) in [5.41, 5.74) is 4.98. The van der Waals surface area contributed by atoms with E-state index in [9.17, 15) is 12.9 Å². The van der Waals surface area contributed by atoms with Crippen molar-refractivity contribution in [3.63, 3.8) is 0 Å². The average molecular weight is 539 g/mol. The number of methoxy groups -OCH3 is 1. The highest BCUT2D eigenvalue weighted by atomic mass is 32.2. The second-order valence-electron chi connectivity index (χ2n) is 8.30. The van der Waals surface area contributed by atoms with Crippen LogP contribution in [0.25, 0.3) is 31.8 Å². The van der Waals surface area contributed by atoms with Crippen molar-refractivity contribution >= 4 is 42.6 Å². The lowest BCUT2D eigenvalue weighted by Crippen LogP contribution is -2.27. The van der Waals surface area contributed by atoms with E-state index < -0.39 is 16.6 Å². The fourth-order valence-corrected chi connectivity index (χ4v) is 5.91. The molecule has 5 rings (SSSR count). The Labute approximate surface area is 217 Å². The summed E-state index contributed by atoms with van der Waals surface area (Å²) in [5.74, 6) is 0.492. The zero-order valence-corrected chi connectivity index (χ0v) is 21.7. The van der Waals surface area contributed by atoms with Gasteiger partial charge in [0.2, 0.25) is 0 Å². The van der Waals surface area contributed by atoms with Crippen molar-refractivity contribution in [3.05, 3.63) is 78.1 Å². The quantitative estimate of drug-likeness (QED) is 0.235. The van der Waals surface area contributed by atoms with Crippen LogP contribution in [-0.2, 0) is 21.4 Å². The normalized spacial score (nSPS) is 12.0. The summed E-state index contributed by atoms with van der Waals surface area (Å²) in [5, 5.41) is 0.790. The van der Waals surface area contributed by atoms with Crippen molar-refractivity contribution in [1.82, 2.24) is 19.5 Å². The minimum Gasteiger partial charge on any atom is -0.492 e. The van der Waals surface area contributed by atoms with E-state index in [1.807, 2.05) is 31.2 Å². The fraction of sp³-hybridized carbons (Fsp3) is 0.192. The van der Waals surface area contributed by atoms with Crippen LogP contribution in [0, 0.1) is 6.92 Å². The van der Waals surface area contributed by atoms with Crippen LogP contribution in [0.3, 0.4) is 0 Å². The largest absolute Gasteiger partial charge is 0.492 e. The number of hydrogen-bond acceptors (Lipinski definition) is 8. The number of rotatable bonds is 9. The summed E-state index contributed by atoms with van der Waals surface area (Å²) in [7, 11) is -2.60. The predicted molar refractivity (Wildman–Crippen MR) is 141 cm³/mol. The molecule has 2 aromatic heterocycles. The summed E-state index contributed by atoms with van der Waals surface area (Å²) in [4.78, 5) is 13.9. The lowest BCUT2D eigenvalue weighted by molar-refractivity contribution is 0.115. The van der Waals surface area contributed by atoms with Crippen molar-refractivity contribution in [2.24, 2.45) is 0 Å². The molecule has 0 aliphatic heterocycles. The highest BCUT2D eigenvalue weighted by Crippen LogP contribution is 2.35. The molecular weight excluding hydrogens is 515 g/mol. The molecule has 190 valence electrons. The molecule has 0 N–H and O–H groups in total. The van der Waals surface area contributed by atoms with E-state index in [0.717, 1.165) is 43.1 Å². The fourth-order valence-electron chi connectivity index (χ4n) is 3.86. The highest BCUT2D eigenvalue weighted by molar-refractivity contribution is 7.89. The van der Waals surface area contributed by atoms with E-state index in [1.54, 1.807) is 37.6 Å². The SMILES string of the molecule is COCc1cnc2c(-c3nc4ccc(OCCN(F)S(=O)(=O)c5ccccc5)cc4s3)cc(C)cc2n1. The average Bonchev–Trinajstić information content (AvgIpc) is 3.32. The van der Waals surface area contributed by atoms with E-state index in [-0.39, 0.29) is 16.0 Å². The standard InChI is InChI=1S/C26H23FN4O4S2/c1-17-12-21(25-23(13-17)29-18(15-28-25)16-34-2)26-30-22-9-8-19(14-24(22)36-26)35-11-10-31(27)37(32,33)20-6-4-3-5-7-20/h3-9,12-15H,10-11,16H2,1-2H3. The summed E-state index contributed by atoms with van der Waals surface area (Å²) in [6.45, 7) is 1.79. The Bertz CT molecular complexity index is 1680. The summed E-state index contributed by atoms with van der Waals surface area (Å²) in [6, 6.07) is 16.8. The number of thiazole rings is 1. The lowest BCUT2D eigenvalue weighted by Gasteiger charge is -2.13. The van der Waals surface area contributed by atoms with Gasteiger partial charge in [0.1, 0.15) is 17.4 Å². The van der Waals surface area contributed by atoms with Gasteiger partial charge in [0.15, 0.2) is 0 Å². The van der Waals surface area contributed by atoms with E-state index in [2.05, 4.69) is 9.97 Å². The molecule has 5 aromatic rings. The van der Waals surface area contributed by atoms with Crippen LogP contribution in [0.5, 0.6) is 5.75 Å². The molecule has 0 bridgehead atoms. The number of fused-ring (bicyclic) bond motifs is 2. The first-order valence-electron chi connectivity index (χ1n) is 11.4. The van der Waals surface area contributed by atoms with Gasteiger partial charge in [-0.3, -0.25) is 4.98 Å². The monoisotopic (exact) mass is 538 g/mol. The highest BCUT2D eigenvalue weighted by Gasteiger charge is 2.24. The van der Waals surface area contributed by atoms with Gasteiger partial charge < -0.3 is 9.47 Å². The zero-order chi connectivity index (χ0) is 26.0. The van der Waals surface area contributed by atoms with Crippen molar-refractivity contribution in [1.29, 1.82) is 0 Å². The van der Waals surface area contributed by atoms with Gasteiger partial charge in [-0.05, 0) is 59.5 Å². The number of nitrogens with zero attached hydrogens (tertiary/aromatic N) is 4. The molecule has 0 spiro atoms. The maximum atomic E-state index is 14.4. The van der Waals surface area contributed by atoms with Crippen LogP contribution >= 0.6 is 11.3 Å². The molecule has 11 heteroatoms. The second-order valence-corrected chi connectivity index (χ2v) is 11.1. The van der Waals surface area contributed by atoms with Gasteiger partial charge >= 0.3 is 0 Å². The smallest absolute Gasteiger partial charge is 0.269 e. The summed E-state index contributed by atoms with van der Waals surface area (Å²) < 4.78 is 50.5. The molecular formula is C26H23FN4O4S2. The third kappa shape index (κ3) is 5.30. The Morgan fingerprint density at radius 2 is 1.84 bits per heavy atom. The molecule has 0 saturated carbocycles. The van der Waals surface area contributed by atoms with Gasteiger partial charge in [0.25, 0.3) is 10.0 Å². The van der Waals surface area contributed by atoms with Crippen LogP contribution in [0.15, 0.2) is 71.8 Å². The molecule has 3 aromatic carbocycles. The third-order valence-corrected chi connectivity index (χ3v) is 8.18. The predicted octanol–water partition coefficient (Wildman–Crippen LogP) is 5.32. The van der Waals surface area contributed by atoms with E-state index in [0.29, 0.717) is 12.4 Å². The van der Waals surface area contributed by atoms with Crippen molar-refractivity contribution < 1.29 is 22.4 Å². The Morgan fingerprint density at radius 3 is 2.62 bits per heavy atom. The number of halogens is 1.